The van der Waals surface area contributed by atoms with Gasteiger partial charge in [-0.1, -0.05) is 60.7 Å². The lowest BCUT2D eigenvalue weighted by molar-refractivity contribution is -0.147. The maximum absolute atomic E-state index is 13.8. The van der Waals surface area contributed by atoms with Gasteiger partial charge in [0.25, 0.3) is 0 Å². The molecule has 0 N–H and O–H groups in total. The zero-order valence-corrected chi connectivity index (χ0v) is 22.6. The van der Waals surface area contributed by atoms with Crippen molar-refractivity contribution >= 4 is 5.91 Å². The SMILES string of the molecule is COc1c(C)c(OC)c(OC)c2c1C[C@H]1CN(Cc3ccccc3)CC(=O)N1[C@H]2COCc1ccccc1. The third-order valence-electron chi connectivity index (χ3n) is 7.60. The van der Waals surface area contributed by atoms with Crippen molar-refractivity contribution in [3.8, 4) is 17.2 Å². The van der Waals surface area contributed by atoms with Gasteiger partial charge >= 0.3 is 0 Å². The highest BCUT2D eigenvalue weighted by molar-refractivity contribution is 5.81. The first-order valence-electron chi connectivity index (χ1n) is 13.1. The zero-order chi connectivity index (χ0) is 26.6. The summed E-state index contributed by atoms with van der Waals surface area (Å²) in [5, 5.41) is 0. The van der Waals surface area contributed by atoms with Gasteiger partial charge in [-0.15, -0.1) is 0 Å². The highest BCUT2D eigenvalue weighted by Gasteiger charge is 2.45. The van der Waals surface area contributed by atoms with Crippen LogP contribution in [0.4, 0.5) is 0 Å². The van der Waals surface area contributed by atoms with Crippen molar-refractivity contribution in [2.45, 2.75) is 38.6 Å². The van der Waals surface area contributed by atoms with Crippen molar-refractivity contribution in [1.82, 2.24) is 9.80 Å². The second kappa shape index (κ2) is 11.5. The maximum Gasteiger partial charge on any atom is 0.237 e. The van der Waals surface area contributed by atoms with E-state index in [0.29, 0.717) is 37.7 Å². The highest BCUT2D eigenvalue weighted by Crippen LogP contribution is 2.51. The molecule has 0 spiro atoms. The van der Waals surface area contributed by atoms with Gasteiger partial charge in [-0.3, -0.25) is 9.69 Å². The fraction of sp³-hybridized carbons (Fsp3) is 0.387. The first kappa shape index (κ1) is 26.1. The Bertz CT molecular complexity index is 1260. The number of ether oxygens (including phenoxy) is 4. The van der Waals surface area contributed by atoms with Crippen molar-refractivity contribution < 1.29 is 23.7 Å². The minimum Gasteiger partial charge on any atom is -0.496 e. The Morgan fingerprint density at radius 3 is 2.11 bits per heavy atom. The normalized spacial score (nSPS) is 19.1. The molecule has 3 aromatic carbocycles. The van der Waals surface area contributed by atoms with Gasteiger partial charge in [-0.25, -0.2) is 0 Å². The molecule has 7 heteroatoms. The number of methoxy groups -OCH3 is 3. The van der Waals surface area contributed by atoms with Gasteiger partial charge in [0.05, 0.1) is 47.1 Å². The van der Waals surface area contributed by atoms with E-state index in [1.54, 1.807) is 21.3 Å². The van der Waals surface area contributed by atoms with Gasteiger partial charge < -0.3 is 23.8 Å². The monoisotopic (exact) mass is 516 g/mol. The summed E-state index contributed by atoms with van der Waals surface area (Å²) in [7, 11) is 4.98. The Hall–Kier alpha value is -3.55. The summed E-state index contributed by atoms with van der Waals surface area (Å²) < 4.78 is 23.9. The lowest BCUT2D eigenvalue weighted by Crippen LogP contribution is -2.60. The van der Waals surface area contributed by atoms with E-state index in [1.807, 2.05) is 60.4 Å². The molecule has 2 heterocycles. The third kappa shape index (κ3) is 4.96. The number of benzene rings is 3. The van der Waals surface area contributed by atoms with Gasteiger partial charge in [0.1, 0.15) is 5.75 Å². The van der Waals surface area contributed by atoms with Crippen LogP contribution in [0.5, 0.6) is 17.2 Å². The van der Waals surface area contributed by atoms with Crippen LogP contribution in [0.25, 0.3) is 0 Å². The predicted octanol–water partition coefficient (Wildman–Crippen LogP) is 4.55. The summed E-state index contributed by atoms with van der Waals surface area (Å²) in [6.07, 6.45) is 0.673. The summed E-state index contributed by atoms with van der Waals surface area (Å²) in [4.78, 5) is 18.0. The second-order valence-corrected chi connectivity index (χ2v) is 9.95. The van der Waals surface area contributed by atoms with Crippen LogP contribution in [0.1, 0.15) is 33.9 Å². The van der Waals surface area contributed by atoms with E-state index >= 15 is 0 Å². The van der Waals surface area contributed by atoms with Gasteiger partial charge in [0, 0.05) is 35.8 Å². The van der Waals surface area contributed by atoms with E-state index in [4.69, 9.17) is 18.9 Å². The fourth-order valence-electron chi connectivity index (χ4n) is 6.04. The molecular weight excluding hydrogens is 480 g/mol. The summed E-state index contributed by atoms with van der Waals surface area (Å²) in [5.41, 5.74) is 5.16. The summed E-state index contributed by atoms with van der Waals surface area (Å²) in [5.74, 6) is 2.16. The van der Waals surface area contributed by atoms with E-state index in [1.165, 1.54) is 5.56 Å². The molecule has 200 valence electrons. The molecular formula is C31H36N2O5. The van der Waals surface area contributed by atoms with Crippen molar-refractivity contribution in [3.05, 3.63) is 88.5 Å². The predicted molar refractivity (Wildman–Crippen MR) is 146 cm³/mol. The maximum atomic E-state index is 13.8. The van der Waals surface area contributed by atoms with E-state index in [0.717, 1.165) is 41.1 Å². The molecule has 1 amide bonds. The number of nitrogens with zero attached hydrogens (tertiary/aromatic N) is 2. The number of carbonyl (C=O) groups excluding carboxylic acids is 1. The lowest BCUT2D eigenvalue weighted by Gasteiger charge is -2.49. The van der Waals surface area contributed by atoms with Crippen LogP contribution in [-0.4, -0.2) is 62.8 Å². The molecule has 2 atom stereocenters. The van der Waals surface area contributed by atoms with Crippen molar-refractivity contribution in [3.63, 3.8) is 0 Å². The van der Waals surface area contributed by atoms with E-state index in [2.05, 4.69) is 17.0 Å². The van der Waals surface area contributed by atoms with Gasteiger partial charge in [-0.2, -0.15) is 0 Å². The molecule has 2 aliphatic heterocycles. The standard InChI is InChI=1S/C31H36N2O5/c1-21-29(35-2)25-15-24-17-32(16-22-11-7-5-8-12-22)18-27(34)33(24)26(28(25)31(37-4)30(21)36-3)20-38-19-23-13-9-6-10-14-23/h5-14,24,26H,15-20H2,1-4H3/t24-,26-/m0/s1. The molecule has 0 saturated carbocycles. The van der Waals surface area contributed by atoms with Crippen LogP contribution in [-0.2, 0) is 29.1 Å². The molecule has 2 aliphatic rings. The number of piperazine rings is 1. The Kier molecular flexibility index (Phi) is 7.86. The molecule has 0 aliphatic carbocycles. The first-order valence-corrected chi connectivity index (χ1v) is 13.1. The Balaban J connectivity index is 1.52. The van der Waals surface area contributed by atoms with Crippen LogP contribution in [0.2, 0.25) is 0 Å². The van der Waals surface area contributed by atoms with Crippen LogP contribution in [0, 0.1) is 6.92 Å². The van der Waals surface area contributed by atoms with Gasteiger partial charge in [0.2, 0.25) is 5.91 Å². The minimum absolute atomic E-state index is 0.0100. The van der Waals surface area contributed by atoms with Crippen molar-refractivity contribution in [2.75, 3.05) is 41.0 Å². The first-order chi connectivity index (χ1) is 18.5. The number of fused-ring (bicyclic) bond motifs is 2. The van der Waals surface area contributed by atoms with Crippen LogP contribution < -0.4 is 14.2 Å². The van der Waals surface area contributed by atoms with E-state index in [9.17, 15) is 4.79 Å². The molecule has 0 aromatic heterocycles. The number of carbonyl (C=O) groups is 1. The third-order valence-corrected chi connectivity index (χ3v) is 7.60. The molecule has 0 bridgehead atoms. The van der Waals surface area contributed by atoms with Crippen molar-refractivity contribution in [2.24, 2.45) is 0 Å². The Morgan fingerprint density at radius 2 is 1.47 bits per heavy atom. The number of hydrogen-bond donors (Lipinski definition) is 0. The molecule has 0 unspecified atom stereocenters. The molecule has 1 saturated heterocycles. The molecule has 5 rings (SSSR count). The molecule has 7 nitrogen and oxygen atoms in total. The van der Waals surface area contributed by atoms with E-state index < -0.39 is 0 Å². The highest BCUT2D eigenvalue weighted by atomic mass is 16.5. The van der Waals surface area contributed by atoms with Crippen LogP contribution in [0.15, 0.2) is 60.7 Å². The molecule has 0 radical (unpaired) electrons. The topological polar surface area (TPSA) is 60.5 Å². The average Bonchev–Trinajstić information content (AvgIpc) is 2.93. The van der Waals surface area contributed by atoms with E-state index in [-0.39, 0.29) is 18.0 Å². The largest absolute Gasteiger partial charge is 0.496 e. The number of rotatable bonds is 9. The Labute approximate surface area is 224 Å². The van der Waals surface area contributed by atoms with Crippen LogP contribution >= 0.6 is 0 Å². The van der Waals surface area contributed by atoms with Crippen LogP contribution in [0.3, 0.4) is 0 Å². The second-order valence-electron chi connectivity index (χ2n) is 9.95. The Morgan fingerprint density at radius 1 is 0.842 bits per heavy atom. The summed E-state index contributed by atoms with van der Waals surface area (Å²) in [6, 6.07) is 20.1. The van der Waals surface area contributed by atoms with Gasteiger partial charge in [0.15, 0.2) is 11.5 Å². The molecule has 38 heavy (non-hydrogen) atoms. The quantitative estimate of drug-likeness (QED) is 0.416. The average molecular weight is 517 g/mol. The number of amides is 1. The fourth-order valence-corrected chi connectivity index (χ4v) is 6.04. The van der Waals surface area contributed by atoms with Crippen molar-refractivity contribution in [1.29, 1.82) is 0 Å². The summed E-state index contributed by atoms with van der Waals surface area (Å²) in [6.45, 7) is 4.66. The van der Waals surface area contributed by atoms with Gasteiger partial charge in [-0.05, 0) is 24.5 Å². The zero-order valence-electron chi connectivity index (χ0n) is 22.6. The summed E-state index contributed by atoms with van der Waals surface area (Å²) >= 11 is 0. The molecule has 1 fully saturated rings. The number of hydrogen-bond acceptors (Lipinski definition) is 6. The lowest BCUT2D eigenvalue weighted by atomic mass is 9.83. The minimum atomic E-state index is -0.322. The molecule has 3 aromatic rings. The smallest absolute Gasteiger partial charge is 0.237 e.